The first-order valence-electron chi connectivity index (χ1n) is 10.2. The highest BCUT2D eigenvalue weighted by Gasteiger charge is 2.30. The third-order valence-corrected chi connectivity index (χ3v) is 6.02. The fourth-order valence-corrected chi connectivity index (χ4v) is 4.30. The second kappa shape index (κ2) is 9.78. The maximum absolute atomic E-state index is 13.1. The number of likely N-dealkylation sites (tertiary alicyclic amines) is 1. The van der Waals surface area contributed by atoms with Crippen LogP contribution < -0.4 is 15.4 Å². The first-order valence-corrected chi connectivity index (χ1v) is 11.1. The Morgan fingerprint density at radius 3 is 2.75 bits per heavy atom. The van der Waals surface area contributed by atoms with Crippen molar-refractivity contribution < 1.29 is 18.7 Å². The summed E-state index contributed by atoms with van der Waals surface area (Å²) in [7, 11) is 1.59. The molecule has 1 aliphatic heterocycles. The smallest absolute Gasteiger partial charge is 0.273 e. The first-order chi connectivity index (χ1) is 15.5. The van der Waals surface area contributed by atoms with E-state index in [0.717, 1.165) is 12.1 Å². The van der Waals surface area contributed by atoms with Crippen molar-refractivity contribution in [1.82, 2.24) is 9.88 Å². The number of hydrogen-bond donors (Lipinski definition) is 2. The summed E-state index contributed by atoms with van der Waals surface area (Å²) in [4.78, 5) is 31.7. The molecule has 2 heterocycles. The number of carbonyl (C=O) groups excluding carboxylic acids is 2. The zero-order valence-electron chi connectivity index (χ0n) is 17.5. The Bertz CT molecular complexity index is 1100. The van der Waals surface area contributed by atoms with Crippen molar-refractivity contribution in [2.24, 2.45) is 5.92 Å². The Hall–Kier alpha value is -3.46. The third kappa shape index (κ3) is 5.05. The number of benzene rings is 2. The molecule has 166 valence electrons. The molecule has 1 unspecified atom stereocenters. The average molecular weight is 455 g/mol. The standard InChI is InChI=1S/C23H23FN4O3S/c1-31-20-7-3-2-6-18(20)26-23-27-19(14-32-23)22(30)28-12-4-5-15(13-28)21(29)25-17-10-8-16(24)9-11-17/h2-3,6-11,14-15H,4-5,12-13H2,1H3,(H,25,29)(H,26,27). The van der Waals surface area contributed by atoms with Crippen LogP contribution in [0.25, 0.3) is 0 Å². The van der Waals surface area contributed by atoms with Gasteiger partial charge in [-0.15, -0.1) is 11.3 Å². The van der Waals surface area contributed by atoms with Gasteiger partial charge >= 0.3 is 0 Å². The number of methoxy groups -OCH3 is 1. The number of hydrogen-bond acceptors (Lipinski definition) is 6. The van der Waals surface area contributed by atoms with E-state index in [0.29, 0.717) is 41.8 Å². The molecule has 7 nitrogen and oxygen atoms in total. The number of thiazole rings is 1. The molecule has 9 heteroatoms. The molecule has 1 aliphatic rings. The van der Waals surface area contributed by atoms with Gasteiger partial charge in [0.15, 0.2) is 5.13 Å². The number of nitrogens with zero attached hydrogens (tertiary/aromatic N) is 2. The lowest BCUT2D eigenvalue weighted by atomic mass is 9.96. The van der Waals surface area contributed by atoms with Gasteiger partial charge in [-0.1, -0.05) is 12.1 Å². The number of carbonyl (C=O) groups is 2. The highest BCUT2D eigenvalue weighted by atomic mass is 32.1. The van der Waals surface area contributed by atoms with Gasteiger partial charge in [0.25, 0.3) is 5.91 Å². The minimum atomic E-state index is -0.361. The molecular formula is C23H23FN4O3S. The Kier molecular flexibility index (Phi) is 6.65. The number of ether oxygens (including phenoxy) is 1. The number of anilines is 3. The largest absolute Gasteiger partial charge is 0.495 e. The van der Waals surface area contributed by atoms with Crippen LogP contribution in [0, 0.1) is 11.7 Å². The van der Waals surface area contributed by atoms with Gasteiger partial charge in [0.1, 0.15) is 17.3 Å². The molecule has 0 bridgehead atoms. The van der Waals surface area contributed by atoms with E-state index >= 15 is 0 Å². The van der Waals surface area contributed by atoms with Crippen molar-refractivity contribution in [2.45, 2.75) is 12.8 Å². The van der Waals surface area contributed by atoms with Gasteiger partial charge in [-0.3, -0.25) is 9.59 Å². The van der Waals surface area contributed by atoms with Crippen LogP contribution in [0.15, 0.2) is 53.9 Å². The highest BCUT2D eigenvalue weighted by Crippen LogP contribution is 2.29. The minimum Gasteiger partial charge on any atom is -0.495 e. The lowest BCUT2D eigenvalue weighted by Gasteiger charge is -2.31. The predicted molar refractivity (Wildman–Crippen MR) is 122 cm³/mol. The summed E-state index contributed by atoms with van der Waals surface area (Å²) in [5, 5.41) is 8.28. The molecule has 2 N–H and O–H groups in total. The quantitative estimate of drug-likeness (QED) is 0.572. The Balaban J connectivity index is 1.39. The number of aromatic nitrogens is 1. The van der Waals surface area contributed by atoms with Gasteiger partial charge in [0.05, 0.1) is 18.7 Å². The zero-order valence-corrected chi connectivity index (χ0v) is 18.3. The maximum Gasteiger partial charge on any atom is 0.273 e. The summed E-state index contributed by atoms with van der Waals surface area (Å²) < 4.78 is 18.4. The molecule has 1 saturated heterocycles. The van der Waals surface area contributed by atoms with Crippen LogP contribution in [0.1, 0.15) is 23.3 Å². The zero-order chi connectivity index (χ0) is 22.5. The molecule has 1 aromatic heterocycles. The molecule has 4 rings (SSSR count). The summed E-state index contributed by atoms with van der Waals surface area (Å²) >= 11 is 1.33. The van der Waals surface area contributed by atoms with Crippen LogP contribution in [0.5, 0.6) is 5.75 Å². The van der Waals surface area contributed by atoms with E-state index in [1.165, 1.54) is 35.6 Å². The van der Waals surface area contributed by atoms with Crippen molar-refractivity contribution in [1.29, 1.82) is 0 Å². The highest BCUT2D eigenvalue weighted by molar-refractivity contribution is 7.14. The summed E-state index contributed by atoms with van der Waals surface area (Å²) in [6, 6.07) is 13.1. The van der Waals surface area contributed by atoms with Crippen molar-refractivity contribution in [3.63, 3.8) is 0 Å². The van der Waals surface area contributed by atoms with E-state index in [9.17, 15) is 14.0 Å². The Morgan fingerprint density at radius 2 is 1.97 bits per heavy atom. The van der Waals surface area contributed by atoms with Crippen molar-refractivity contribution in [3.8, 4) is 5.75 Å². The molecule has 0 spiro atoms. The molecule has 3 aromatic rings. The summed E-state index contributed by atoms with van der Waals surface area (Å²) in [6.07, 6.45) is 1.41. The fraction of sp³-hybridized carbons (Fsp3) is 0.261. The van der Waals surface area contributed by atoms with Crippen LogP contribution in [0.4, 0.5) is 20.9 Å². The molecule has 2 aromatic carbocycles. The van der Waals surface area contributed by atoms with Crippen LogP contribution in [-0.2, 0) is 4.79 Å². The fourth-order valence-electron chi connectivity index (χ4n) is 3.61. The van der Waals surface area contributed by atoms with Crippen LogP contribution in [0.3, 0.4) is 0 Å². The monoisotopic (exact) mass is 454 g/mol. The molecule has 0 saturated carbocycles. The number of amides is 2. The summed E-state index contributed by atoms with van der Waals surface area (Å²) in [5.74, 6) is -0.385. The van der Waals surface area contributed by atoms with Crippen molar-refractivity contribution in [3.05, 3.63) is 65.4 Å². The Labute approximate surface area is 189 Å². The minimum absolute atomic E-state index is 0.175. The second-order valence-electron chi connectivity index (χ2n) is 7.45. The van der Waals surface area contributed by atoms with E-state index < -0.39 is 0 Å². The lowest BCUT2D eigenvalue weighted by Crippen LogP contribution is -2.43. The van der Waals surface area contributed by atoms with E-state index in [1.54, 1.807) is 17.4 Å². The van der Waals surface area contributed by atoms with E-state index in [-0.39, 0.29) is 23.5 Å². The predicted octanol–water partition coefficient (Wildman–Crippen LogP) is 4.53. The number of rotatable bonds is 6. The topological polar surface area (TPSA) is 83.6 Å². The summed E-state index contributed by atoms with van der Waals surface area (Å²) in [6.45, 7) is 0.893. The van der Waals surface area contributed by atoms with Crippen LogP contribution in [0.2, 0.25) is 0 Å². The maximum atomic E-state index is 13.1. The number of halogens is 1. The normalized spacial score (nSPS) is 15.8. The number of para-hydroxylation sites is 2. The average Bonchev–Trinajstić information content (AvgIpc) is 3.29. The van der Waals surface area contributed by atoms with E-state index in [2.05, 4.69) is 15.6 Å². The van der Waals surface area contributed by atoms with Crippen molar-refractivity contribution in [2.75, 3.05) is 30.8 Å². The molecule has 1 fully saturated rings. The van der Waals surface area contributed by atoms with Gasteiger partial charge in [-0.25, -0.2) is 9.37 Å². The number of piperidine rings is 1. The van der Waals surface area contributed by atoms with Crippen molar-refractivity contribution >= 4 is 39.7 Å². The molecular weight excluding hydrogens is 431 g/mol. The lowest BCUT2D eigenvalue weighted by molar-refractivity contribution is -0.121. The van der Waals surface area contributed by atoms with Gasteiger partial charge in [-0.05, 0) is 49.2 Å². The van der Waals surface area contributed by atoms with Crippen LogP contribution in [-0.4, -0.2) is 41.9 Å². The van der Waals surface area contributed by atoms with Gasteiger partial charge in [-0.2, -0.15) is 0 Å². The summed E-state index contributed by atoms with van der Waals surface area (Å²) in [5.41, 5.74) is 1.64. The van der Waals surface area contributed by atoms with E-state index in [4.69, 9.17) is 4.74 Å². The molecule has 32 heavy (non-hydrogen) atoms. The SMILES string of the molecule is COc1ccccc1Nc1nc(C(=O)N2CCCC(C(=O)Nc3ccc(F)cc3)C2)cs1. The van der Waals surface area contributed by atoms with Gasteiger partial charge in [0, 0.05) is 24.2 Å². The molecule has 2 amide bonds. The second-order valence-corrected chi connectivity index (χ2v) is 8.31. The van der Waals surface area contributed by atoms with Crippen LogP contribution >= 0.6 is 11.3 Å². The molecule has 1 atom stereocenters. The molecule has 0 radical (unpaired) electrons. The number of nitrogens with one attached hydrogen (secondary N) is 2. The Morgan fingerprint density at radius 1 is 1.19 bits per heavy atom. The molecule has 0 aliphatic carbocycles. The van der Waals surface area contributed by atoms with Gasteiger partial charge < -0.3 is 20.3 Å². The van der Waals surface area contributed by atoms with Gasteiger partial charge in [0.2, 0.25) is 5.91 Å². The third-order valence-electron chi connectivity index (χ3n) is 5.26. The first kappa shape index (κ1) is 21.8. The van der Waals surface area contributed by atoms with E-state index in [1.807, 2.05) is 24.3 Å².